The summed E-state index contributed by atoms with van der Waals surface area (Å²) in [5.41, 5.74) is 2.72. The largest absolute Gasteiger partial charge is 0.494 e. The summed E-state index contributed by atoms with van der Waals surface area (Å²) in [4.78, 5) is 16.8. The predicted octanol–water partition coefficient (Wildman–Crippen LogP) is 8.17. The van der Waals surface area contributed by atoms with Crippen molar-refractivity contribution in [2.75, 3.05) is 6.61 Å². The maximum atomic E-state index is 12.2. The predicted molar refractivity (Wildman–Crippen MR) is 148 cm³/mol. The minimum atomic E-state index is -0.427. The second kappa shape index (κ2) is 13.1. The van der Waals surface area contributed by atoms with Crippen LogP contribution in [-0.2, 0) is 4.79 Å². The lowest BCUT2D eigenvalue weighted by atomic mass is 10.1. The topological polar surface area (TPSA) is 47.9 Å². The van der Waals surface area contributed by atoms with Gasteiger partial charge in [0.05, 0.1) is 12.3 Å². The smallest absolute Gasteiger partial charge is 0.336 e. The minimum Gasteiger partial charge on any atom is -0.494 e. The van der Waals surface area contributed by atoms with E-state index in [2.05, 4.69) is 36.2 Å². The average Bonchev–Trinajstić information content (AvgIpc) is 2.92. The molecule has 0 N–H and O–H groups in total. The molecular formula is C32H31NO3. The highest BCUT2D eigenvalue weighted by Gasteiger charge is 2.01. The van der Waals surface area contributed by atoms with Crippen molar-refractivity contribution in [1.82, 2.24) is 0 Å². The number of nitrogens with zero attached hydrogens (tertiary/aromatic N) is 1. The van der Waals surface area contributed by atoms with E-state index >= 15 is 0 Å². The first-order valence-corrected chi connectivity index (χ1v) is 12.5. The Labute approximate surface area is 212 Å². The molecule has 4 rings (SSSR count). The Hall–Kier alpha value is -4.18. The molecule has 4 aromatic carbocycles. The van der Waals surface area contributed by atoms with Gasteiger partial charge in [-0.05, 0) is 82.9 Å². The van der Waals surface area contributed by atoms with Crippen molar-refractivity contribution in [3.63, 3.8) is 0 Å². The van der Waals surface area contributed by atoms with Crippen LogP contribution in [0.2, 0.25) is 0 Å². The van der Waals surface area contributed by atoms with E-state index in [0.29, 0.717) is 5.75 Å². The first-order chi connectivity index (χ1) is 17.7. The van der Waals surface area contributed by atoms with Crippen LogP contribution in [0.3, 0.4) is 0 Å². The van der Waals surface area contributed by atoms with Gasteiger partial charge in [0.2, 0.25) is 0 Å². The number of benzene rings is 4. The van der Waals surface area contributed by atoms with Crippen LogP contribution < -0.4 is 9.47 Å². The molecule has 4 nitrogen and oxygen atoms in total. The van der Waals surface area contributed by atoms with Crippen molar-refractivity contribution in [3.05, 3.63) is 108 Å². The lowest BCUT2D eigenvalue weighted by Crippen LogP contribution is -2.03. The van der Waals surface area contributed by atoms with Gasteiger partial charge in [0.1, 0.15) is 11.5 Å². The van der Waals surface area contributed by atoms with Gasteiger partial charge in [0.15, 0.2) is 0 Å². The molecule has 4 aromatic rings. The number of rotatable bonds is 11. The van der Waals surface area contributed by atoms with Crippen LogP contribution in [0.15, 0.2) is 102 Å². The van der Waals surface area contributed by atoms with Crippen LogP contribution in [0.5, 0.6) is 11.5 Å². The molecule has 0 unspecified atom stereocenters. The summed E-state index contributed by atoms with van der Waals surface area (Å²) in [6, 6.07) is 29.3. The normalized spacial score (nSPS) is 11.4. The Bertz CT molecular complexity index is 1320. The van der Waals surface area contributed by atoms with Crippen molar-refractivity contribution in [2.45, 2.75) is 32.6 Å². The van der Waals surface area contributed by atoms with E-state index in [1.807, 2.05) is 54.6 Å². The number of esters is 1. The first kappa shape index (κ1) is 24.9. The third kappa shape index (κ3) is 7.67. The van der Waals surface area contributed by atoms with Gasteiger partial charge in [0, 0.05) is 12.3 Å². The zero-order chi connectivity index (χ0) is 25.0. The van der Waals surface area contributed by atoms with E-state index in [0.717, 1.165) is 41.0 Å². The Balaban J connectivity index is 1.25. The fraction of sp³-hybridized carbons (Fsp3) is 0.188. The summed E-state index contributed by atoms with van der Waals surface area (Å²) >= 11 is 0. The van der Waals surface area contributed by atoms with Crippen molar-refractivity contribution in [2.24, 2.45) is 4.99 Å². The molecule has 0 fully saturated rings. The molecule has 0 amide bonds. The van der Waals surface area contributed by atoms with Gasteiger partial charge in [-0.1, -0.05) is 68.7 Å². The fourth-order valence-corrected chi connectivity index (χ4v) is 3.74. The third-order valence-corrected chi connectivity index (χ3v) is 5.75. The standard InChI is InChI=1S/C32H31NO3/c1-2-3-4-7-22-35-30-17-10-25(11-18-30)14-21-32(34)36-31-19-12-26(13-20-31)24-33-29-16-15-27-8-5-6-9-28(27)23-29/h5-6,8-21,23-24H,2-4,7,22H2,1H3/b21-14+,33-24?. The summed E-state index contributed by atoms with van der Waals surface area (Å²) in [5, 5.41) is 2.35. The number of unbranched alkanes of at least 4 members (excludes halogenated alkanes) is 3. The lowest BCUT2D eigenvalue weighted by Gasteiger charge is -2.06. The monoisotopic (exact) mass is 477 g/mol. The Kier molecular flexibility index (Phi) is 9.04. The highest BCUT2D eigenvalue weighted by molar-refractivity contribution is 5.89. The fourth-order valence-electron chi connectivity index (χ4n) is 3.74. The molecule has 0 bridgehead atoms. The van der Waals surface area contributed by atoms with E-state index in [9.17, 15) is 4.79 Å². The number of carbonyl (C=O) groups is 1. The summed E-state index contributed by atoms with van der Waals surface area (Å²) in [6.45, 7) is 2.93. The van der Waals surface area contributed by atoms with Crippen LogP contribution in [0.4, 0.5) is 5.69 Å². The zero-order valence-corrected chi connectivity index (χ0v) is 20.6. The maximum Gasteiger partial charge on any atom is 0.336 e. The molecule has 36 heavy (non-hydrogen) atoms. The van der Waals surface area contributed by atoms with E-state index in [4.69, 9.17) is 9.47 Å². The van der Waals surface area contributed by atoms with Crippen LogP contribution in [0.25, 0.3) is 16.8 Å². The van der Waals surface area contributed by atoms with Crippen LogP contribution >= 0.6 is 0 Å². The SMILES string of the molecule is CCCCCCOc1ccc(/C=C/C(=O)Oc2ccc(C=Nc3ccc4ccccc4c3)cc2)cc1. The number of fused-ring (bicyclic) bond motifs is 1. The molecule has 0 aliphatic heterocycles. The molecule has 182 valence electrons. The molecule has 0 saturated heterocycles. The van der Waals surface area contributed by atoms with E-state index in [1.54, 1.807) is 24.4 Å². The third-order valence-electron chi connectivity index (χ3n) is 5.75. The Morgan fingerprint density at radius 2 is 1.50 bits per heavy atom. The van der Waals surface area contributed by atoms with Gasteiger partial charge in [-0.3, -0.25) is 4.99 Å². The molecule has 0 radical (unpaired) electrons. The van der Waals surface area contributed by atoms with Gasteiger partial charge >= 0.3 is 5.97 Å². The molecule has 0 aliphatic rings. The molecule has 0 atom stereocenters. The number of hydrogen-bond acceptors (Lipinski definition) is 4. The van der Waals surface area contributed by atoms with E-state index in [1.165, 1.54) is 30.7 Å². The van der Waals surface area contributed by atoms with E-state index < -0.39 is 5.97 Å². The van der Waals surface area contributed by atoms with Gasteiger partial charge in [-0.25, -0.2) is 4.79 Å². The molecule has 0 aliphatic carbocycles. The molecular weight excluding hydrogens is 446 g/mol. The van der Waals surface area contributed by atoms with Crippen LogP contribution in [0.1, 0.15) is 43.7 Å². The highest BCUT2D eigenvalue weighted by atomic mass is 16.5. The van der Waals surface area contributed by atoms with Gasteiger partial charge in [-0.15, -0.1) is 0 Å². The summed E-state index contributed by atoms with van der Waals surface area (Å²) in [6.07, 6.45) is 9.69. The number of hydrogen-bond donors (Lipinski definition) is 0. The molecule has 0 aromatic heterocycles. The number of carbonyl (C=O) groups excluding carboxylic acids is 1. The molecule has 0 heterocycles. The van der Waals surface area contributed by atoms with Crippen molar-refractivity contribution >= 4 is 34.7 Å². The van der Waals surface area contributed by atoms with Crippen molar-refractivity contribution in [3.8, 4) is 11.5 Å². The Morgan fingerprint density at radius 3 is 2.28 bits per heavy atom. The molecule has 0 spiro atoms. The quantitative estimate of drug-likeness (QED) is 0.0719. The maximum absolute atomic E-state index is 12.2. The van der Waals surface area contributed by atoms with Crippen LogP contribution in [-0.4, -0.2) is 18.8 Å². The molecule has 0 saturated carbocycles. The average molecular weight is 478 g/mol. The van der Waals surface area contributed by atoms with Gasteiger partial charge in [-0.2, -0.15) is 0 Å². The van der Waals surface area contributed by atoms with Gasteiger partial charge in [0.25, 0.3) is 0 Å². The van der Waals surface area contributed by atoms with Gasteiger partial charge < -0.3 is 9.47 Å². The summed E-state index contributed by atoms with van der Waals surface area (Å²) < 4.78 is 11.2. The number of aliphatic imine (C=N–C) groups is 1. The summed E-state index contributed by atoms with van der Waals surface area (Å²) in [5.74, 6) is 0.902. The molecule has 4 heteroatoms. The lowest BCUT2D eigenvalue weighted by molar-refractivity contribution is -0.128. The second-order valence-electron chi connectivity index (χ2n) is 8.59. The summed E-state index contributed by atoms with van der Waals surface area (Å²) in [7, 11) is 0. The van der Waals surface area contributed by atoms with Crippen molar-refractivity contribution < 1.29 is 14.3 Å². The first-order valence-electron chi connectivity index (χ1n) is 12.5. The highest BCUT2D eigenvalue weighted by Crippen LogP contribution is 2.21. The Morgan fingerprint density at radius 1 is 0.778 bits per heavy atom. The number of ether oxygens (including phenoxy) is 2. The minimum absolute atomic E-state index is 0.427. The van der Waals surface area contributed by atoms with Crippen molar-refractivity contribution in [1.29, 1.82) is 0 Å². The van der Waals surface area contributed by atoms with E-state index in [-0.39, 0.29) is 0 Å². The van der Waals surface area contributed by atoms with Crippen LogP contribution in [0, 0.1) is 0 Å². The second-order valence-corrected chi connectivity index (χ2v) is 8.59. The zero-order valence-electron chi connectivity index (χ0n) is 20.6.